The first kappa shape index (κ1) is 60.2. The molecule has 0 saturated heterocycles. The molecule has 0 aliphatic heterocycles. The lowest BCUT2D eigenvalue weighted by molar-refractivity contribution is -0.144. The molecule has 0 amide bonds. The number of unbranched alkanes of at least 4 members (excludes halogenated alkanes) is 10. The standard InChI is InChI=1S/C42H64N2O12.C6H14N4O2/c1-3-5-7-9-11-17-23-51-25-27-55-41(49)33-43(31-39(45)46)35-19-13-15-21-37(35)53-29-30-54-38-22-16-14-20-36(38)44(32-40(47)48)34-42(50)56-28-26-52-24-18-12-10-8-6-4-2;7-4(5(11)12)2-1-3-10-6(8)9/h13-16,19-22H,3-12,17-18,23-34H2,1-2H3,(H,45,46)(H,47,48);4H,1-3,7H2,(H,11,12)(H4,8,9,10). The monoisotopic (exact) mass is 963 g/mol. The third-order valence-corrected chi connectivity index (χ3v) is 9.85. The van der Waals surface area contributed by atoms with Gasteiger partial charge >= 0.3 is 29.8 Å². The van der Waals surface area contributed by atoms with Crippen molar-refractivity contribution >= 4 is 47.2 Å². The van der Waals surface area contributed by atoms with Crippen molar-refractivity contribution in [2.75, 3.05) is 95.4 Å². The zero-order valence-corrected chi connectivity index (χ0v) is 40.2. The second kappa shape index (κ2) is 39.2. The number of nitrogens with two attached hydrogens (primary N) is 3. The van der Waals surface area contributed by atoms with Crippen molar-refractivity contribution in [3.05, 3.63) is 48.5 Å². The van der Waals surface area contributed by atoms with E-state index in [1.54, 1.807) is 48.5 Å². The van der Waals surface area contributed by atoms with Crippen molar-refractivity contribution < 1.29 is 67.7 Å². The van der Waals surface area contributed by atoms with E-state index in [0.717, 1.165) is 25.7 Å². The van der Waals surface area contributed by atoms with Crippen LogP contribution in [0.3, 0.4) is 0 Å². The molecule has 0 radical (unpaired) electrons. The second-order valence-corrected chi connectivity index (χ2v) is 15.7. The van der Waals surface area contributed by atoms with Gasteiger partial charge in [-0.15, -0.1) is 0 Å². The van der Waals surface area contributed by atoms with Gasteiger partial charge in [0.25, 0.3) is 0 Å². The van der Waals surface area contributed by atoms with E-state index in [-0.39, 0.29) is 58.7 Å². The van der Waals surface area contributed by atoms with Gasteiger partial charge in [0.1, 0.15) is 70.1 Å². The molecule has 20 heteroatoms. The summed E-state index contributed by atoms with van der Waals surface area (Å²) in [5, 5.41) is 27.6. The highest BCUT2D eigenvalue weighted by Gasteiger charge is 2.21. The highest BCUT2D eigenvalue weighted by Crippen LogP contribution is 2.30. The van der Waals surface area contributed by atoms with Crippen LogP contribution >= 0.6 is 0 Å². The number of guanidine groups is 1. The number of hydrogen-bond donors (Lipinski definition) is 6. The summed E-state index contributed by atoms with van der Waals surface area (Å²) in [5.74, 6) is -3.81. The first-order chi connectivity index (χ1) is 32.8. The predicted molar refractivity (Wildman–Crippen MR) is 259 cm³/mol. The molecular formula is C48H78N6O14. The number of nitrogens with zero attached hydrogens (tertiary/aromatic N) is 3. The summed E-state index contributed by atoms with van der Waals surface area (Å²) in [6, 6.07) is 12.6. The normalized spacial score (nSPS) is 11.0. The van der Waals surface area contributed by atoms with Crippen molar-refractivity contribution in [3.8, 4) is 11.5 Å². The summed E-state index contributed by atoms with van der Waals surface area (Å²) in [4.78, 5) is 65.5. The van der Waals surface area contributed by atoms with Gasteiger partial charge in [-0.3, -0.25) is 29.0 Å². The van der Waals surface area contributed by atoms with E-state index < -0.39 is 49.0 Å². The molecular weight excluding hydrogens is 885 g/mol. The Balaban J connectivity index is 0.00000168. The Hall–Kier alpha value is -5.86. The van der Waals surface area contributed by atoms with Crippen LogP contribution in [0.4, 0.5) is 11.4 Å². The summed E-state index contributed by atoms with van der Waals surface area (Å²) < 4.78 is 33.7. The number of aliphatic imine (C=N–C) groups is 1. The Labute approximate surface area is 401 Å². The van der Waals surface area contributed by atoms with E-state index in [2.05, 4.69) is 18.8 Å². The molecule has 0 bridgehead atoms. The van der Waals surface area contributed by atoms with Crippen molar-refractivity contribution in [3.63, 3.8) is 0 Å². The molecule has 0 fully saturated rings. The summed E-state index contributed by atoms with van der Waals surface area (Å²) in [5.41, 5.74) is 16.1. The Morgan fingerprint density at radius 1 is 0.544 bits per heavy atom. The molecule has 0 saturated carbocycles. The molecule has 2 rings (SSSR count). The fraction of sp³-hybridized carbons (Fsp3) is 0.625. The van der Waals surface area contributed by atoms with Gasteiger partial charge in [-0.2, -0.15) is 0 Å². The third kappa shape index (κ3) is 31.2. The SMILES string of the molecule is CCCCCCCCOCCOC(=O)CN(CC(=O)O)c1ccccc1OCCOc1ccccc1N(CC(=O)O)CC(=O)OCCOCCCCCCCC.NC(N)=NCCCC(N)C(=O)O. The van der Waals surface area contributed by atoms with Crippen molar-refractivity contribution in [1.82, 2.24) is 0 Å². The lowest BCUT2D eigenvalue weighted by Crippen LogP contribution is -2.36. The maximum atomic E-state index is 12.7. The fourth-order valence-corrected chi connectivity index (χ4v) is 6.41. The van der Waals surface area contributed by atoms with Crippen LogP contribution in [0.1, 0.15) is 104 Å². The second-order valence-electron chi connectivity index (χ2n) is 15.7. The number of carbonyl (C=O) groups excluding carboxylic acids is 2. The maximum absolute atomic E-state index is 12.7. The van der Waals surface area contributed by atoms with Crippen molar-refractivity contribution in [2.24, 2.45) is 22.2 Å². The number of carboxylic acid groups (broad SMARTS) is 3. The van der Waals surface area contributed by atoms with Gasteiger partial charge in [0, 0.05) is 19.8 Å². The van der Waals surface area contributed by atoms with Crippen molar-refractivity contribution in [2.45, 2.75) is 110 Å². The molecule has 0 aromatic heterocycles. The summed E-state index contributed by atoms with van der Waals surface area (Å²) in [7, 11) is 0. The molecule has 1 unspecified atom stereocenters. The minimum Gasteiger partial charge on any atom is -0.488 e. The molecule has 0 aliphatic rings. The van der Waals surface area contributed by atoms with Crippen LogP contribution in [0.2, 0.25) is 0 Å². The molecule has 0 heterocycles. The van der Waals surface area contributed by atoms with E-state index in [0.29, 0.717) is 55.5 Å². The minimum absolute atomic E-state index is 0.0129. The van der Waals surface area contributed by atoms with Crippen LogP contribution in [-0.2, 0) is 42.9 Å². The summed E-state index contributed by atoms with van der Waals surface area (Å²) >= 11 is 0. The smallest absolute Gasteiger partial charge is 0.325 e. The Morgan fingerprint density at radius 3 is 1.35 bits per heavy atom. The number of ether oxygens (including phenoxy) is 6. The molecule has 0 spiro atoms. The Kier molecular flexibility index (Phi) is 34.6. The number of carboxylic acids is 3. The largest absolute Gasteiger partial charge is 0.488 e. The average Bonchev–Trinajstić information content (AvgIpc) is 3.30. The maximum Gasteiger partial charge on any atom is 0.325 e. The van der Waals surface area contributed by atoms with Gasteiger partial charge in [0.15, 0.2) is 5.96 Å². The molecule has 68 heavy (non-hydrogen) atoms. The topological polar surface area (TPSA) is 298 Å². The Bertz CT molecular complexity index is 1630. The number of esters is 2. The van der Waals surface area contributed by atoms with Crippen molar-refractivity contribution in [1.29, 1.82) is 0 Å². The fourth-order valence-electron chi connectivity index (χ4n) is 6.41. The number of anilines is 2. The number of aliphatic carboxylic acids is 3. The number of hydrogen-bond acceptors (Lipinski definition) is 15. The lowest BCUT2D eigenvalue weighted by Gasteiger charge is -2.25. The highest BCUT2D eigenvalue weighted by atomic mass is 16.6. The minimum atomic E-state index is -1.14. The van der Waals surface area contributed by atoms with Crippen LogP contribution in [0.15, 0.2) is 53.5 Å². The average molecular weight is 963 g/mol. The van der Waals surface area contributed by atoms with Gasteiger partial charge in [-0.25, -0.2) is 0 Å². The Morgan fingerprint density at radius 2 is 0.956 bits per heavy atom. The highest BCUT2D eigenvalue weighted by molar-refractivity contribution is 5.83. The lowest BCUT2D eigenvalue weighted by atomic mass is 10.1. The quantitative estimate of drug-likeness (QED) is 0.0216. The molecule has 9 N–H and O–H groups in total. The van der Waals surface area contributed by atoms with E-state index in [4.69, 9.17) is 50.7 Å². The van der Waals surface area contributed by atoms with Crippen LogP contribution in [0.25, 0.3) is 0 Å². The van der Waals surface area contributed by atoms with Gasteiger partial charge in [0.05, 0.1) is 24.6 Å². The van der Waals surface area contributed by atoms with Crippen LogP contribution in [0.5, 0.6) is 11.5 Å². The first-order valence-electron chi connectivity index (χ1n) is 23.7. The van der Waals surface area contributed by atoms with E-state index in [1.807, 2.05) is 0 Å². The molecule has 2 aromatic rings. The van der Waals surface area contributed by atoms with Gasteiger partial charge < -0.3 is 70.7 Å². The summed E-state index contributed by atoms with van der Waals surface area (Å²) in [6.07, 6.45) is 14.8. The van der Waals surface area contributed by atoms with Crippen LogP contribution in [0, 0.1) is 0 Å². The zero-order valence-electron chi connectivity index (χ0n) is 40.2. The molecule has 0 aliphatic carbocycles. The molecule has 384 valence electrons. The van der Waals surface area contributed by atoms with E-state index in [1.165, 1.54) is 61.2 Å². The van der Waals surface area contributed by atoms with Crippen LogP contribution < -0.4 is 36.5 Å². The molecule has 1 atom stereocenters. The number of carbonyl (C=O) groups is 5. The first-order valence-corrected chi connectivity index (χ1v) is 23.7. The van der Waals surface area contributed by atoms with Gasteiger partial charge in [-0.1, -0.05) is 102 Å². The zero-order chi connectivity index (χ0) is 50.2. The van der Waals surface area contributed by atoms with E-state index in [9.17, 15) is 34.2 Å². The number of para-hydroxylation sites is 4. The van der Waals surface area contributed by atoms with E-state index >= 15 is 0 Å². The summed E-state index contributed by atoms with van der Waals surface area (Å²) in [6.45, 7) is 5.08. The van der Waals surface area contributed by atoms with Gasteiger partial charge in [-0.05, 0) is 49.9 Å². The molecule has 2 aromatic carbocycles. The third-order valence-electron chi connectivity index (χ3n) is 9.85. The van der Waals surface area contributed by atoms with Gasteiger partial charge in [0.2, 0.25) is 0 Å². The number of rotatable bonds is 40. The predicted octanol–water partition coefficient (Wildman–Crippen LogP) is 5.22. The van der Waals surface area contributed by atoms with Crippen LogP contribution in [-0.4, -0.2) is 143 Å². The number of benzene rings is 2. The molecule has 20 nitrogen and oxygen atoms in total.